The molecule has 0 aromatic heterocycles. The summed E-state index contributed by atoms with van der Waals surface area (Å²) < 4.78 is 4.83. The minimum absolute atomic E-state index is 0.143. The summed E-state index contributed by atoms with van der Waals surface area (Å²) in [6.45, 7) is 0. The second kappa shape index (κ2) is 6.16. The number of nitrogens with one attached hydrogen (secondary N) is 1. The fraction of sp³-hybridized carbons (Fsp3) is 0.0667. The van der Waals surface area contributed by atoms with Gasteiger partial charge in [0.15, 0.2) is 5.11 Å². The average molecular weight is 286 g/mol. The number of esters is 1. The second-order valence-corrected chi connectivity index (χ2v) is 4.51. The third-order valence-corrected chi connectivity index (χ3v) is 2.89. The quantitative estimate of drug-likeness (QED) is 0.671. The van der Waals surface area contributed by atoms with Crippen LogP contribution in [0.1, 0.15) is 10.4 Å². The lowest BCUT2D eigenvalue weighted by Gasteiger charge is -2.14. The highest BCUT2D eigenvalue weighted by Crippen LogP contribution is 2.32. The molecule has 0 saturated heterocycles. The number of nitrogens with two attached hydrogens (primary N) is 1. The van der Waals surface area contributed by atoms with E-state index in [1.54, 1.807) is 12.1 Å². The van der Waals surface area contributed by atoms with Crippen LogP contribution in [0.25, 0.3) is 11.1 Å². The van der Waals surface area contributed by atoms with Crippen molar-refractivity contribution < 1.29 is 9.53 Å². The average Bonchev–Trinajstić information content (AvgIpc) is 2.46. The molecule has 0 aliphatic heterocycles. The maximum absolute atomic E-state index is 11.9. The maximum Gasteiger partial charge on any atom is 0.338 e. The first-order chi connectivity index (χ1) is 9.63. The summed E-state index contributed by atoms with van der Waals surface area (Å²) in [4.78, 5) is 11.9. The molecule has 0 fully saturated rings. The van der Waals surface area contributed by atoms with E-state index in [1.807, 2.05) is 36.4 Å². The Morgan fingerprint density at radius 1 is 1.15 bits per heavy atom. The van der Waals surface area contributed by atoms with Gasteiger partial charge < -0.3 is 15.8 Å². The Hall–Kier alpha value is -2.40. The number of carbonyl (C=O) groups is 1. The number of methoxy groups -OCH3 is 1. The molecule has 0 bridgehead atoms. The van der Waals surface area contributed by atoms with Gasteiger partial charge in [0.25, 0.3) is 0 Å². The molecule has 0 unspecified atom stereocenters. The molecule has 0 amide bonds. The van der Waals surface area contributed by atoms with Crippen LogP contribution in [0.5, 0.6) is 0 Å². The lowest BCUT2D eigenvalue weighted by molar-refractivity contribution is 0.0601. The molecule has 0 spiro atoms. The van der Waals surface area contributed by atoms with Gasteiger partial charge in [0.1, 0.15) is 0 Å². The Labute approximate surface area is 122 Å². The summed E-state index contributed by atoms with van der Waals surface area (Å²) in [5.74, 6) is -0.407. The van der Waals surface area contributed by atoms with Crippen LogP contribution in [0.3, 0.4) is 0 Å². The molecular formula is C15H14N2O2S. The van der Waals surface area contributed by atoms with Crippen molar-refractivity contribution in [3.63, 3.8) is 0 Å². The first-order valence-electron chi connectivity index (χ1n) is 5.96. The molecule has 4 nitrogen and oxygen atoms in total. The summed E-state index contributed by atoms with van der Waals surface area (Å²) in [6.07, 6.45) is 0. The van der Waals surface area contributed by atoms with Gasteiger partial charge in [-0.15, -0.1) is 0 Å². The van der Waals surface area contributed by atoms with Gasteiger partial charge in [0, 0.05) is 11.3 Å². The zero-order valence-electron chi connectivity index (χ0n) is 10.9. The van der Waals surface area contributed by atoms with E-state index in [0.29, 0.717) is 16.8 Å². The van der Waals surface area contributed by atoms with Gasteiger partial charge in [-0.1, -0.05) is 36.4 Å². The summed E-state index contributed by atoms with van der Waals surface area (Å²) in [7, 11) is 1.35. The summed E-state index contributed by atoms with van der Waals surface area (Å²) >= 11 is 4.87. The number of rotatable bonds is 3. The van der Waals surface area contributed by atoms with E-state index in [4.69, 9.17) is 22.7 Å². The van der Waals surface area contributed by atoms with E-state index >= 15 is 0 Å². The predicted molar refractivity (Wildman–Crippen MR) is 83.6 cm³/mol. The normalized spacial score (nSPS) is 9.85. The van der Waals surface area contributed by atoms with Crippen molar-refractivity contribution in [2.45, 2.75) is 0 Å². The highest BCUT2D eigenvalue weighted by molar-refractivity contribution is 7.80. The van der Waals surface area contributed by atoms with Crippen molar-refractivity contribution >= 4 is 29.0 Å². The number of carbonyl (C=O) groups excluding carboxylic acids is 1. The monoisotopic (exact) mass is 286 g/mol. The highest BCUT2D eigenvalue weighted by Gasteiger charge is 2.17. The van der Waals surface area contributed by atoms with Gasteiger partial charge >= 0.3 is 5.97 Å². The van der Waals surface area contributed by atoms with Gasteiger partial charge in [-0.3, -0.25) is 0 Å². The molecule has 2 rings (SSSR count). The van der Waals surface area contributed by atoms with E-state index in [2.05, 4.69) is 5.32 Å². The number of thiocarbonyl (C=S) groups is 1. The van der Waals surface area contributed by atoms with Crippen LogP contribution in [0, 0.1) is 0 Å². The lowest BCUT2D eigenvalue weighted by Crippen LogP contribution is -2.20. The van der Waals surface area contributed by atoms with Crippen molar-refractivity contribution in [2.75, 3.05) is 12.4 Å². The molecule has 2 aromatic carbocycles. The number of anilines is 1. The molecule has 20 heavy (non-hydrogen) atoms. The SMILES string of the molecule is COC(=O)c1cccc(NC(N)=S)c1-c1ccccc1. The molecular weight excluding hydrogens is 272 g/mol. The van der Waals surface area contributed by atoms with Crippen LogP contribution in [0.2, 0.25) is 0 Å². The zero-order valence-corrected chi connectivity index (χ0v) is 11.7. The zero-order chi connectivity index (χ0) is 14.5. The van der Waals surface area contributed by atoms with Crippen molar-refractivity contribution in [1.29, 1.82) is 0 Å². The van der Waals surface area contributed by atoms with Crippen LogP contribution in [-0.4, -0.2) is 18.2 Å². The Morgan fingerprint density at radius 2 is 1.85 bits per heavy atom. The molecule has 102 valence electrons. The van der Waals surface area contributed by atoms with Crippen LogP contribution in [-0.2, 0) is 4.74 Å². The topological polar surface area (TPSA) is 64.3 Å². The Bertz CT molecular complexity index is 642. The third kappa shape index (κ3) is 2.95. The fourth-order valence-corrected chi connectivity index (χ4v) is 2.10. The summed E-state index contributed by atoms with van der Waals surface area (Å²) in [6, 6.07) is 14.8. The Kier molecular flexibility index (Phi) is 4.32. The van der Waals surface area contributed by atoms with Crippen LogP contribution in [0.15, 0.2) is 48.5 Å². The molecule has 0 heterocycles. The standard InChI is InChI=1S/C15H14N2O2S/c1-19-14(18)11-8-5-9-12(17-15(16)20)13(11)10-6-3-2-4-7-10/h2-9H,1H3,(H3,16,17,20). The molecule has 0 radical (unpaired) electrons. The van der Waals surface area contributed by atoms with Gasteiger partial charge in [-0.2, -0.15) is 0 Å². The number of ether oxygens (including phenoxy) is 1. The van der Waals surface area contributed by atoms with Crippen molar-refractivity contribution in [2.24, 2.45) is 5.73 Å². The van der Waals surface area contributed by atoms with Crippen LogP contribution in [0.4, 0.5) is 5.69 Å². The van der Waals surface area contributed by atoms with Crippen molar-refractivity contribution in [3.8, 4) is 11.1 Å². The first-order valence-corrected chi connectivity index (χ1v) is 6.37. The largest absolute Gasteiger partial charge is 0.465 e. The van der Waals surface area contributed by atoms with Crippen LogP contribution >= 0.6 is 12.2 Å². The number of hydrogen-bond donors (Lipinski definition) is 2. The maximum atomic E-state index is 11.9. The molecule has 0 aliphatic rings. The van der Waals surface area contributed by atoms with Crippen molar-refractivity contribution in [1.82, 2.24) is 0 Å². The fourth-order valence-electron chi connectivity index (χ4n) is 1.99. The molecule has 5 heteroatoms. The molecule has 0 saturated carbocycles. The van der Waals surface area contributed by atoms with Gasteiger partial charge in [-0.25, -0.2) is 4.79 Å². The molecule has 2 aromatic rings. The molecule has 0 atom stereocenters. The molecule has 3 N–H and O–H groups in total. The summed E-state index contributed by atoms with van der Waals surface area (Å²) in [5.41, 5.74) is 8.26. The van der Waals surface area contributed by atoms with E-state index in [0.717, 1.165) is 5.56 Å². The third-order valence-electron chi connectivity index (χ3n) is 2.79. The van der Waals surface area contributed by atoms with E-state index in [9.17, 15) is 4.79 Å². The van der Waals surface area contributed by atoms with Gasteiger partial charge in [0.05, 0.1) is 12.7 Å². The Morgan fingerprint density at radius 3 is 2.45 bits per heavy atom. The molecule has 0 aliphatic carbocycles. The Balaban J connectivity index is 2.65. The van der Waals surface area contributed by atoms with Gasteiger partial charge in [0.2, 0.25) is 0 Å². The lowest BCUT2D eigenvalue weighted by atomic mass is 9.97. The minimum atomic E-state index is -0.407. The predicted octanol–water partition coefficient (Wildman–Crippen LogP) is 2.80. The number of hydrogen-bond acceptors (Lipinski definition) is 3. The smallest absolute Gasteiger partial charge is 0.338 e. The second-order valence-electron chi connectivity index (χ2n) is 4.07. The van der Waals surface area contributed by atoms with E-state index < -0.39 is 5.97 Å². The van der Waals surface area contributed by atoms with Crippen LogP contribution < -0.4 is 11.1 Å². The van der Waals surface area contributed by atoms with Gasteiger partial charge in [-0.05, 0) is 29.9 Å². The van der Waals surface area contributed by atoms with Crippen molar-refractivity contribution in [3.05, 3.63) is 54.1 Å². The van der Waals surface area contributed by atoms with E-state index in [-0.39, 0.29) is 5.11 Å². The van der Waals surface area contributed by atoms with E-state index in [1.165, 1.54) is 7.11 Å². The number of benzene rings is 2. The minimum Gasteiger partial charge on any atom is -0.465 e. The summed E-state index contributed by atoms with van der Waals surface area (Å²) in [5, 5.41) is 3.04. The first kappa shape index (κ1) is 14.0. The highest BCUT2D eigenvalue weighted by atomic mass is 32.1.